The second-order valence-electron chi connectivity index (χ2n) is 23.5. The summed E-state index contributed by atoms with van der Waals surface area (Å²) in [6.45, 7) is 4.92. The lowest BCUT2D eigenvalue weighted by Gasteiger charge is -2.56. The number of esters is 2. The van der Waals surface area contributed by atoms with Crippen LogP contribution in [-0.4, -0.2) is 55.1 Å². The van der Waals surface area contributed by atoms with Crippen LogP contribution in [-0.2, 0) is 44.9 Å². The van der Waals surface area contributed by atoms with E-state index in [0.717, 1.165) is 142 Å². The largest absolute Gasteiger partial charge is 0.508 e. The molecule has 9 nitrogen and oxygen atoms in total. The van der Waals surface area contributed by atoms with E-state index in [1.165, 1.54) is 22.3 Å². The van der Waals surface area contributed by atoms with Gasteiger partial charge in [0, 0.05) is 30.2 Å². The van der Waals surface area contributed by atoms with E-state index in [4.69, 9.17) is 9.47 Å². The molecule has 9 heteroatoms. The van der Waals surface area contributed by atoms with Gasteiger partial charge in [0.15, 0.2) is 0 Å². The highest BCUT2D eigenvalue weighted by atomic mass is 16.6. The van der Waals surface area contributed by atoms with Crippen LogP contribution < -0.4 is 16.0 Å². The summed E-state index contributed by atoms with van der Waals surface area (Å²) >= 11 is 0. The number of ether oxygens (including phenoxy) is 2. The van der Waals surface area contributed by atoms with Gasteiger partial charge >= 0.3 is 11.9 Å². The first-order valence-corrected chi connectivity index (χ1v) is 28.3. The molecule has 0 aromatic heterocycles. The van der Waals surface area contributed by atoms with Gasteiger partial charge in [-0.1, -0.05) is 85.8 Å². The Bertz CT molecular complexity index is 2940. The summed E-state index contributed by atoms with van der Waals surface area (Å²) in [5, 5.41) is 32.7. The van der Waals surface area contributed by atoms with Gasteiger partial charge < -0.3 is 35.6 Å². The van der Waals surface area contributed by atoms with Crippen molar-refractivity contribution in [2.24, 2.45) is 52.3 Å². The van der Waals surface area contributed by atoms with Crippen LogP contribution in [0.5, 0.6) is 5.75 Å². The average Bonchev–Trinajstić information content (AvgIpc) is 4.06. The fourth-order valence-corrected chi connectivity index (χ4v) is 16.3. The van der Waals surface area contributed by atoms with Gasteiger partial charge in [-0.3, -0.25) is 0 Å². The van der Waals surface area contributed by atoms with Crippen molar-refractivity contribution in [1.82, 2.24) is 16.0 Å². The Kier molecular flexibility index (Phi) is 13.7. The van der Waals surface area contributed by atoms with Crippen molar-refractivity contribution in [1.29, 1.82) is 0 Å². The average molecular weight is 994 g/mol. The minimum atomic E-state index is -0.875. The third-order valence-electron chi connectivity index (χ3n) is 19.6. The minimum absolute atomic E-state index is 0.00568. The summed E-state index contributed by atoms with van der Waals surface area (Å²) in [5.41, 5.74) is 10.6. The number of rotatable bonds is 9. The SMILES string of the molecule is CC[C@H](/C=C1\OC(=O)C2=C3c4cc(O)ccc4-c4cccc(c4)CNCCc4cccc(c4)C[C@@H]4C[C@]([C@@H]5CCN[C@H](NC)C5)(CC=C5OC(=O)C6=C5CC[C@H]5[C@H]3CC[C@@]21[C@@H]65)C[C@H]4CCCO)Cc1ccccc1. The molecule has 0 unspecified atom stereocenters. The molecule has 14 rings (SSSR count). The van der Waals surface area contributed by atoms with Crippen molar-refractivity contribution in [3.63, 3.8) is 0 Å². The molecule has 10 atom stereocenters. The summed E-state index contributed by atoms with van der Waals surface area (Å²) < 4.78 is 13.4. The third-order valence-corrected chi connectivity index (χ3v) is 19.6. The topological polar surface area (TPSA) is 129 Å². The lowest BCUT2D eigenvalue weighted by Crippen LogP contribution is -2.52. The molecule has 10 aliphatic rings. The lowest BCUT2D eigenvalue weighted by molar-refractivity contribution is -0.135. The maximum absolute atomic E-state index is 15.2. The highest BCUT2D eigenvalue weighted by molar-refractivity contribution is 6.07. The van der Waals surface area contributed by atoms with Crippen molar-refractivity contribution < 1.29 is 29.3 Å². The molecule has 5 heterocycles. The van der Waals surface area contributed by atoms with Crippen LogP contribution in [0.15, 0.2) is 137 Å². The Balaban J connectivity index is 1.03. The first-order valence-electron chi connectivity index (χ1n) is 28.3. The molecule has 5 aliphatic heterocycles. The number of phenolic OH excluding ortho intramolecular Hbond substituents is 1. The van der Waals surface area contributed by atoms with Crippen LogP contribution in [0.2, 0.25) is 0 Å². The zero-order valence-corrected chi connectivity index (χ0v) is 43.5. The van der Waals surface area contributed by atoms with Crippen molar-refractivity contribution in [2.45, 2.75) is 116 Å². The van der Waals surface area contributed by atoms with Gasteiger partial charge in [-0.2, -0.15) is 0 Å². The van der Waals surface area contributed by atoms with Crippen molar-refractivity contribution in [3.8, 4) is 16.9 Å². The molecule has 0 amide bonds. The maximum atomic E-state index is 15.2. The van der Waals surface area contributed by atoms with Gasteiger partial charge in [0.05, 0.1) is 17.2 Å². The lowest BCUT2D eigenvalue weighted by atomic mass is 9.44. The summed E-state index contributed by atoms with van der Waals surface area (Å²) in [6, 6.07) is 34.1. The molecule has 14 bridgehead atoms. The molecule has 5 aliphatic carbocycles. The van der Waals surface area contributed by atoms with Crippen LogP contribution in [0.4, 0.5) is 0 Å². The molecular formula is C65H75N3O6. The number of aromatic hydroxyl groups is 1. The number of benzene rings is 4. The molecule has 4 aromatic rings. The molecule has 5 N–H and O–H groups in total. The van der Waals surface area contributed by atoms with E-state index >= 15 is 9.59 Å². The van der Waals surface area contributed by atoms with Gasteiger partial charge in [-0.25, -0.2) is 9.59 Å². The van der Waals surface area contributed by atoms with Crippen molar-refractivity contribution in [2.75, 3.05) is 26.7 Å². The summed E-state index contributed by atoms with van der Waals surface area (Å²) in [6.07, 6.45) is 18.5. The van der Waals surface area contributed by atoms with Gasteiger partial charge in [0.2, 0.25) is 0 Å². The normalized spacial score (nSPS) is 31.4. The van der Waals surface area contributed by atoms with E-state index in [9.17, 15) is 10.2 Å². The second kappa shape index (κ2) is 20.5. The quantitative estimate of drug-likeness (QED) is 0.104. The highest BCUT2D eigenvalue weighted by Gasteiger charge is 2.68. The van der Waals surface area contributed by atoms with Crippen LogP contribution in [0.3, 0.4) is 0 Å². The van der Waals surface area contributed by atoms with Crippen molar-refractivity contribution in [3.05, 3.63) is 165 Å². The summed E-state index contributed by atoms with van der Waals surface area (Å²) in [7, 11) is 2.06. The predicted molar refractivity (Wildman–Crippen MR) is 290 cm³/mol. The van der Waals surface area contributed by atoms with Crippen LogP contribution in [0, 0.1) is 52.3 Å². The molecule has 2 saturated heterocycles. The van der Waals surface area contributed by atoms with E-state index in [-0.39, 0.29) is 59.5 Å². The van der Waals surface area contributed by atoms with Gasteiger partial charge in [-0.15, -0.1) is 0 Å². The Morgan fingerprint density at radius 1 is 0.851 bits per heavy atom. The number of allylic oxidation sites excluding steroid dienone is 5. The highest BCUT2D eigenvalue weighted by Crippen LogP contribution is 2.72. The third kappa shape index (κ3) is 8.83. The fourth-order valence-electron chi connectivity index (χ4n) is 16.3. The van der Waals surface area contributed by atoms with E-state index in [2.05, 4.69) is 115 Å². The summed E-state index contributed by atoms with van der Waals surface area (Å²) in [4.78, 5) is 30.3. The fraction of sp³-hybridized carbons (Fsp3) is 0.477. The molecular weight excluding hydrogens is 919 g/mol. The number of nitrogens with one attached hydrogen (secondary N) is 3. The first kappa shape index (κ1) is 49.3. The number of cyclic esters (lactones) is 1. The Morgan fingerprint density at radius 2 is 1.70 bits per heavy atom. The Hall–Kier alpha value is -5.58. The molecule has 0 radical (unpaired) electrons. The molecule has 386 valence electrons. The van der Waals surface area contributed by atoms with Crippen LogP contribution >= 0.6 is 0 Å². The molecule has 1 spiro atoms. The number of phenols is 1. The predicted octanol–water partition coefficient (Wildman–Crippen LogP) is 11.3. The number of aliphatic hydroxyl groups is 1. The van der Waals surface area contributed by atoms with E-state index in [1.54, 1.807) is 6.07 Å². The number of fused-ring (bicyclic) bond motifs is 5. The maximum Gasteiger partial charge on any atom is 0.340 e. The van der Waals surface area contributed by atoms with Gasteiger partial charge in [0.1, 0.15) is 17.3 Å². The number of carbonyl (C=O) groups excluding carboxylic acids is 2. The van der Waals surface area contributed by atoms with Crippen molar-refractivity contribution >= 4 is 17.5 Å². The monoisotopic (exact) mass is 994 g/mol. The smallest absolute Gasteiger partial charge is 0.340 e. The van der Waals surface area contributed by atoms with Gasteiger partial charge in [0.25, 0.3) is 0 Å². The van der Waals surface area contributed by atoms with Gasteiger partial charge in [-0.05, 0) is 232 Å². The Morgan fingerprint density at radius 3 is 2.55 bits per heavy atom. The van der Waals surface area contributed by atoms with E-state index in [1.807, 2.05) is 18.2 Å². The first-order chi connectivity index (χ1) is 36.2. The second-order valence-corrected chi connectivity index (χ2v) is 23.5. The number of carbonyl (C=O) groups is 2. The molecule has 2 saturated carbocycles. The number of piperidine rings is 1. The standard InChI is InChI=1S/C65H75N3O6/c1-3-40(30-41-10-5-4-6-11-41)34-56-65-26-21-51-52-19-20-53-55(73-62(71)59(53)60(52)65)22-25-64(48-24-28-68-57(35-48)66-2)37-46(16-9-29-69)47(38-64)32-43-13-7-12-42(31-43)23-27-67-39-44-14-8-15-45(33-44)50-18-17-49(70)36-54(50)58(51)61(65)63(72)74-56/h4-8,10-15,17-18,22,31,33-34,36,40,46-48,51-52,57,60,66-70H,3,9,16,19-21,23-30,32,35,37-39H2,1-2H3/b55-22?,56-34-/t40-,46+,47+,48+,51+,52-,57-,60+,64-,65+/m0/s1. The van der Waals surface area contributed by atoms with E-state index in [0.29, 0.717) is 42.1 Å². The van der Waals surface area contributed by atoms with Crippen LogP contribution in [0.25, 0.3) is 16.7 Å². The zero-order valence-electron chi connectivity index (χ0n) is 43.5. The molecule has 4 fully saturated rings. The summed E-state index contributed by atoms with van der Waals surface area (Å²) in [5.74, 6) is 2.24. The number of hydrogen-bond acceptors (Lipinski definition) is 9. The number of hydrogen-bond donors (Lipinski definition) is 5. The van der Waals surface area contributed by atoms with Crippen LogP contribution in [0.1, 0.15) is 112 Å². The Labute approximate surface area is 438 Å². The molecule has 74 heavy (non-hydrogen) atoms. The zero-order chi connectivity index (χ0) is 50.6. The number of aliphatic hydroxyl groups excluding tert-OH is 1. The molecule has 4 aromatic carbocycles. The minimum Gasteiger partial charge on any atom is -0.508 e. The van der Waals surface area contributed by atoms with E-state index < -0.39 is 5.41 Å².